The topological polar surface area (TPSA) is 133 Å². The van der Waals surface area contributed by atoms with Crippen LogP contribution in [0.2, 0.25) is 0 Å². The minimum absolute atomic E-state index is 0.365. The van der Waals surface area contributed by atoms with Gasteiger partial charge in [0.1, 0.15) is 34.5 Å². The van der Waals surface area contributed by atoms with Gasteiger partial charge in [-0.15, -0.1) is 0 Å². The SMILES string of the molecule is Cc1cc(N)ccc1Oc1ccccc1OB(Oc1ccccc1Oc1ccc(N)cc1C)Oc1ccccc1Oc1ccc(N)cc1C. The van der Waals surface area contributed by atoms with Gasteiger partial charge in [-0.25, -0.2) is 0 Å². The van der Waals surface area contributed by atoms with E-state index in [9.17, 15) is 0 Å². The molecule has 0 heterocycles. The van der Waals surface area contributed by atoms with Crippen LogP contribution < -0.4 is 45.4 Å². The van der Waals surface area contributed by atoms with Gasteiger partial charge in [0.05, 0.1) is 0 Å². The zero-order valence-corrected chi connectivity index (χ0v) is 27.4. The van der Waals surface area contributed by atoms with Crippen LogP contribution >= 0.6 is 0 Å². The monoisotopic (exact) mass is 653 g/mol. The number of aryl methyl sites for hydroxylation is 3. The van der Waals surface area contributed by atoms with Gasteiger partial charge in [0.2, 0.25) is 0 Å². The molecule has 0 aliphatic carbocycles. The fraction of sp³-hybridized carbons (Fsp3) is 0.0769. The third-order valence-electron chi connectivity index (χ3n) is 7.47. The van der Waals surface area contributed by atoms with Crippen LogP contribution in [-0.2, 0) is 0 Å². The van der Waals surface area contributed by atoms with E-state index in [0.29, 0.717) is 68.8 Å². The number of anilines is 3. The molecule has 0 bridgehead atoms. The highest BCUT2D eigenvalue weighted by molar-refractivity contribution is 6.39. The average Bonchev–Trinajstić information content (AvgIpc) is 3.07. The first-order valence-electron chi connectivity index (χ1n) is 15.6. The summed E-state index contributed by atoms with van der Waals surface area (Å²) in [5.74, 6) is 4.29. The molecule has 0 amide bonds. The molecule has 0 aromatic heterocycles. The lowest BCUT2D eigenvalue weighted by Crippen LogP contribution is -2.37. The molecule has 0 radical (unpaired) electrons. The van der Waals surface area contributed by atoms with E-state index in [1.807, 2.05) is 93.6 Å². The van der Waals surface area contributed by atoms with E-state index in [0.717, 1.165) is 16.7 Å². The smallest absolute Gasteiger partial charge is 0.486 e. The molecule has 0 saturated carbocycles. The molecule has 10 heteroatoms. The summed E-state index contributed by atoms with van der Waals surface area (Å²) in [6.07, 6.45) is 0. The van der Waals surface area contributed by atoms with Crippen molar-refractivity contribution in [1.29, 1.82) is 0 Å². The normalized spacial score (nSPS) is 10.6. The highest BCUT2D eigenvalue weighted by Gasteiger charge is 2.34. The van der Waals surface area contributed by atoms with Crippen molar-refractivity contribution in [2.75, 3.05) is 17.2 Å². The molecule has 9 nitrogen and oxygen atoms in total. The van der Waals surface area contributed by atoms with Crippen LogP contribution in [0.15, 0.2) is 127 Å². The van der Waals surface area contributed by atoms with Crippen molar-refractivity contribution in [3.8, 4) is 51.7 Å². The Balaban J connectivity index is 1.34. The van der Waals surface area contributed by atoms with Crippen molar-refractivity contribution in [2.24, 2.45) is 0 Å². The number of para-hydroxylation sites is 6. The molecule has 246 valence electrons. The molecular weight excluding hydrogens is 617 g/mol. The predicted molar refractivity (Wildman–Crippen MR) is 194 cm³/mol. The number of hydrogen-bond donors (Lipinski definition) is 3. The second-order valence-electron chi connectivity index (χ2n) is 11.4. The number of nitrogens with two attached hydrogens (primary N) is 3. The van der Waals surface area contributed by atoms with Crippen LogP contribution in [0.4, 0.5) is 17.1 Å². The molecule has 0 aliphatic rings. The Hall–Kier alpha value is -6.42. The summed E-state index contributed by atoms with van der Waals surface area (Å²) in [5.41, 5.74) is 22.4. The lowest BCUT2D eigenvalue weighted by atomic mass is 10.1. The second-order valence-corrected chi connectivity index (χ2v) is 11.4. The number of ether oxygens (including phenoxy) is 3. The summed E-state index contributed by atoms with van der Waals surface area (Å²) in [5, 5.41) is 0. The molecule has 6 N–H and O–H groups in total. The van der Waals surface area contributed by atoms with Crippen molar-refractivity contribution in [3.63, 3.8) is 0 Å². The highest BCUT2D eigenvalue weighted by Crippen LogP contribution is 2.38. The maximum Gasteiger partial charge on any atom is 0.864 e. The van der Waals surface area contributed by atoms with Crippen LogP contribution in [0.3, 0.4) is 0 Å². The van der Waals surface area contributed by atoms with E-state index < -0.39 is 7.32 Å². The summed E-state index contributed by atoms with van der Waals surface area (Å²) in [7, 11) is -1.34. The Morgan fingerprint density at radius 2 is 0.612 bits per heavy atom. The standard InChI is InChI=1S/C39H36BN3O6/c1-25-22-28(41)16-19-31(25)44-34-10-4-7-13-37(34)47-40(48-38-14-8-5-11-35(38)45-32-20-17-29(42)23-26(32)2)49-39-15-9-6-12-36(39)46-33-21-18-30(43)24-27(33)3/h4-24H,41-43H2,1-3H3. The number of rotatable bonds is 12. The van der Waals surface area contributed by atoms with Gasteiger partial charge < -0.3 is 45.4 Å². The molecule has 0 aliphatic heterocycles. The van der Waals surface area contributed by atoms with Gasteiger partial charge in [-0.05, 0) is 128 Å². The Bertz CT molecular complexity index is 1850. The number of hydrogen-bond acceptors (Lipinski definition) is 9. The molecule has 0 unspecified atom stereocenters. The first kappa shape index (κ1) is 32.5. The molecule has 6 rings (SSSR count). The number of benzene rings is 6. The third kappa shape index (κ3) is 8.12. The van der Waals surface area contributed by atoms with Gasteiger partial charge in [0.25, 0.3) is 0 Å². The minimum Gasteiger partial charge on any atom is -0.486 e. The van der Waals surface area contributed by atoms with Gasteiger partial charge in [0.15, 0.2) is 17.2 Å². The summed E-state index contributed by atoms with van der Waals surface area (Å²) in [4.78, 5) is 0. The van der Waals surface area contributed by atoms with E-state index in [1.54, 1.807) is 54.6 Å². The van der Waals surface area contributed by atoms with E-state index >= 15 is 0 Å². The van der Waals surface area contributed by atoms with Crippen LogP contribution in [-0.4, -0.2) is 7.32 Å². The third-order valence-corrected chi connectivity index (χ3v) is 7.47. The fourth-order valence-electron chi connectivity index (χ4n) is 5.00. The maximum absolute atomic E-state index is 6.44. The Labute approximate surface area is 285 Å². The van der Waals surface area contributed by atoms with E-state index in [-0.39, 0.29) is 0 Å². The number of nitrogen functional groups attached to an aromatic ring is 3. The van der Waals surface area contributed by atoms with Gasteiger partial charge in [-0.2, -0.15) is 0 Å². The quantitative estimate of drug-likeness (QED) is 0.0873. The second kappa shape index (κ2) is 14.6. The minimum atomic E-state index is -1.34. The zero-order chi connectivity index (χ0) is 34.3. The van der Waals surface area contributed by atoms with Crippen LogP contribution in [0, 0.1) is 20.8 Å². The molecular formula is C39H36BN3O6. The summed E-state index contributed by atoms with van der Waals surface area (Å²) < 4.78 is 38.2. The predicted octanol–water partition coefficient (Wildman–Crippen LogP) is 9.26. The first-order valence-corrected chi connectivity index (χ1v) is 15.6. The summed E-state index contributed by atoms with van der Waals surface area (Å²) >= 11 is 0. The maximum atomic E-state index is 6.44. The Morgan fingerprint density at radius 1 is 0.347 bits per heavy atom. The first-order chi connectivity index (χ1) is 23.7. The lowest BCUT2D eigenvalue weighted by Gasteiger charge is -2.21. The summed E-state index contributed by atoms with van der Waals surface area (Å²) in [6, 6.07) is 38.0. The fourth-order valence-corrected chi connectivity index (χ4v) is 5.00. The molecule has 0 fully saturated rings. The van der Waals surface area contributed by atoms with Crippen LogP contribution in [0.5, 0.6) is 51.7 Å². The highest BCUT2D eigenvalue weighted by atomic mass is 16.7. The molecule has 0 spiro atoms. The van der Waals surface area contributed by atoms with Crippen LogP contribution in [0.25, 0.3) is 0 Å². The van der Waals surface area contributed by atoms with Gasteiger partial charge in [-0.3, -0.25) is 0 Å². The van der Waals surface area contributed by atoms with E-state index in [1.165, 1.54) is 0 Å². The molecule has 49 heavy (non-hydrogen) atoms. The lowest BCUT2D eigenvalue weighted by molar-refractivity contribution is 0.289. The largest absolute Gasteiger partial charge is 0.864 e. The molecule has 6 aromatic carbocycles. The molecule has 6 aromatic rings. The van der Waals surface area contributed by atoms with Crippen molar-refractivity contribution >= 4 is 24.4 Å². The average molecular weight is 654 g/mol. The van der Waals surface area contributed by atoms with Crippen molar-refractivity contribution in [1.82, 2.24) is 0 Å². The van der Waals surface area contributed by atoms with E-state index in [2.05, 4.69) is 0 Å². The van der Waals surface area contributed by atoms with Crippen LogP contribution in [0.1, 0.15) is 16.7 Å². The van der Waals surface area contributed by atoms with Crippen molar-refractivity contribution in [2.45, 2.75) is 20.8 Å². The van der Waals surface area contributed by atoms with E-state index in [4.69, 9.17) is 45.4 Å². The van der Waals surface area contributed by atoms with Crippen molar-refractivity contribution < 1.29 is 28.2 Å². The summed E-state index contributed by atoms with van der Waals surface area (Å²) in [6.45, 7) is 5.76. The van der Waals surface area contributed by atoms with Gasteiger partial charge in [-0.1, -0.05) is 36.4 Å². The zero-order valence-electron chi connectivity index (χ0n) is 27.4. The molecule has 0 atom stereocenters. The Morgan fingerprint density at radius 3 is 0.878 bits per heavy atom. The Kier molecular flexibility index (Phi) is 9.66. The van der Waals surface area contributed by atoms with Gasteiger partial charge in [0, 0.05) is 17.1 Å². The van der Waals surface area contributed by atoms with Crippen molar-refractivity contribution in [3.05, 3.63) is 144 Å². The molecule has 0 saturated heterocycles. The van der Waals surface area contributed by atoms with Gasteiger partial charge >= 0.3 is 7.32 Å².